The Balaban J connectivity index is 2.62. The smallest absolute Gasteiger partial charge is 0.276 e. The minimum Gasteiger partial charge on any atom is -0.294 e. The summed E-state index contributed by atoms with van der Waals surface area (Å²) in [6, 6.07) is 5.19. The minimum absolute atomic E-state index is 0.0627. The van der Waals surface area contributed by atoms with E-state index in [2.05, 4.69) is 10.1 Å². The van der Waals surface area contributed by atoms with Gasteiger partial charge in [0.05, 0.1) is 0 Å². The van der Waals surface area contributed by atoms with Crippen molar-refractivity contribution in [3.8, 4) is 5.82 Å². The standard InChI is InChI=1S/C12H14ClN3O/c1-7(2)11-8(3)15-16(12(11)17)10-6-4-5-9(13)14-10/h4-7,15H,1-3H3. The van der Waals surface area contributed by atoms with Gasteiger partial charge in [-0.1, -0.05) is 31.5 Å². The first-order valence-corrected chi connectivity index (χ1v) is 5.83. The molecule has 5 heteroatoms. The molecule has 0 aliphatic heterocycles. The van der Waals surface area contributed by atoms with Gasteiger partial charge in [-0.05, 0) is 25.0 Å². The van der Waals surface area contributed by atoms with E-state index in [4.69, 9.17) is 11.6 Å². The van der Waals surface area contributed by atoms with Crippen LogP contribution in [0.25, 0.3) is 5.82 Å². The molecule has 2 rings (SSSR count). The van der Waals surface area contributed by atoms with Gasteiger partial charge in [0.1, 0.15) is 5.15 Å². The molecule has 90 valence electrons. The lowest BCUT2D eigenvalue weighted by atomic mass is 10.1. The summed E-state index contributed by atoms with van der Waals surface area (Å²) in [6.45, 7) is 5.87. The molecule has 0 saturated heterocycles. The van der Waals surface area contributed by atoms with Gasteiger partial charge in [-0.3, -0.25) is 9.89 Å². The quantitative estimate of drug-likeness (QED) is 0.835. The van der Waals surface area contributed by atoms with Crippen molar-refractivity contribution in [2.45, 2.75) is 26.7 Å². The maximum atomic E-state index is 12.2. The first-order valence-electron chi connectivity index (χ1n) is 5.45. The summed E-state index contributed by atoms with van der Waals surface area (Å²) in [4.78, 5) is 16.3. The number of aromatic amines is 1. The van der Waals surface area contributed by atoms with E-state index in [0.29, 0.717) is 11.0 Å². The highest BCUT2D eigenvalue weighted by Gasteiger charge is 2.15. The number of nitrogens with one attached hydrogen (secondary N) is 1. The number of rotatable bonds is 2. The Morgan fingerprint density at radius 3 is 2.65 bits per heavy atom. The van der Waals surface area contributed by atoms with Gasteiger partial charge in [-0.25, -0.2) is 9.67 Å². The lowest BCUT2D eigenvalue weighted by Gasteiger charge is -2.00. The molecule has 0 aromatic carbocycles. The van der Waals surface area contributed by atoms with Crippen molar-refractivity contribution in [1.29, 1.82) is 0 Å². The van der Waals surface area contributed by atoms with Crippen LogP contribution in [0.15, 0.2) is 23.0 Å². The van der Waals surface area contributed by atoms with Crippen LogP contribution in [0.1, 0.15) is 31.0 Å². The molecule has 1 N–H and O–H groups in total. The summed E-state index contributed by atoms with van der Waals surface area (Å²) in [6.07, 6.45) is 0. The number of hydrogen-bond donors (Lipinski definition) is 1. The zero-order valence-electron chi connectivity index (χ0n) is 9.99. The highest BCUT2D eigenvalue weighted by Crippen LogP contribution is 2.15. The molecule has 0 spiro atoms. The third-order valence-electron chi connectivity index (χ3n) is 2.62. The van der Waals surface area contributed by atoms with Crippen LogP contribution in [-0.2, 0) is 0 Å². The lowest BCUT2D eigenvalue weighted by Crippen LogP contribution is -2.19. The van der Waals surface area contributed by atoms with Gasteiger partial charge in [-0.2, -0.15) is 0 Å². The van der Waals surface area contributed by atoms with Gasteiger partial charge >= 0.3 is 0 Å². The zero-order chi connectivity index (χ0) is 12.6. The molecule has 4 nitrogen and oxygen atoms in total. The van der Waals surface area contributed by atoms with E-state index >= 15 is 0 Å². The van der Waals surface area contributed by atoms with Crippen LogP contribution in [0.5, 0.6) is 0 Å². The van der Waals surface area contributed by atoms with E-state index in [-0.39, 0.29) is 11.5 Å². The number of hydrogen-bond acceptors (Lipinski definition) is 2. The van der Waals surface area contributed by atoms with Crippen molar-refractivity contribution < 1.29 is 0 Å². The molecular formula is C12H14ClN3O. The van der Waals surface area contributed by atoms with E-state index in [1.807, 2.05) is 20.8 Å². The van der Waals surface area contributed by atoms with Crippen LogP contribution in [0.2, 0.25) is 5.15 Å². The zero-order valence-corrected chi connectivity index (χ0v) is 10.7. The molecule has 0 unspecified atom stereocenters. The van der Waals surface area contributed by atoms with E-state index in [9.17, 15) is 4.79 Å². The van der Waals surface area contributed by atoms with E-state index < -0.39 is 0 Å². The van der Waals surface area contributed by atoms with Crippen LogP contribution >= 0.6 is 11.6 Å². The summed E-state index contributed by atoms with van der Waals surface area (Å²) < 4.78 is 1.43. The predicted molar refractivity (Wildman–Crippen MR) is 68.0 cm³/mol. The van der Waals surface area contributed by atoms with Crippen LogP contribution < -0.4 is 5.56 Å². The largest absolute Gasteiger partial charge is 0.294 e. The van der Waals surface area contributed by atoms with Crippen LogP contribution in [0.4, 0.5) is 0 Å². The summed E-state index contributed by atoms with van der Waals surface area (Å²) >= 11 is 5.82. The predicted octanol–water partition coefficient (Wildman–Crippen LogP) is 2.65. The molecule has 0 saturated carbocycles. The topological polar surface area (TPSA) is 50.7 Å². The molecule has 0 atom stereocenters. The highest BCUT2D eigenvalue weighted by molar-refractivity contribution is 6.29. The molecule has 2 heterocycles. The Hall–Kier alpha value is -1.55. The minimum atomic E-state index is -0.0627. The maximum Gasteiger partial charge on any atom is 0.276 e. The summed E-state index contributed by atoms with van der Waals surface area (Å²) in [5.41, 5.74) is 1.59. The molecular weight excluding hydrogens is 238 g/mol. The van der Waals surface area contributed by atoms with Crippen molar-refractivity contribution in [3.05, 3.63) is 45.0 Å². The SMILES string of the molecule is Cc1[nH]n(-c2cccc(Cl)n2)c(=O)c1C(C)C. The maximum absolute atomic E-state index is 12.2. The van der Waals surface area contributed by atoms with Crippen molar-refractivity contribution in [1.82, 2.24) is 14.8 Å². The van der Waals surface area contributed by atoms with Crippen molar-refractivity contribution in [2.75, 3.05) is 0 Å². The second kappa shape index (κ2) is 4.37. The number of nitrogens with zero attached hydrogens (tertiary/aromatic N) is 2. The van der Waals surface area contributed by atoms with Crippen LogP contribution in [0.3, 0.4) is 0 Å². The third kappa shape index (κ3) is 2.13. The van der Waals surface area contributed by atoms with Gasteiger partial charge in [0.15, 0.2) is 5.82 Å². The van der Waals surface area contributed by atoms with Gasteiger partial charge < -0.3 is 0 Å². The van der Waals surface area contributed by atoms with Crippen molar-refractivity contribution in [2.24, 2.45) is 0 Å². The lowest BCUT2D eigenvalue weighted by molar-refractivity contribution is 0.801. The summed E-state index contributed by atoms with van der Waals surface area (Å²) in [5, 5.41) is 3.39. The fourth-order valence-electron chi connectivity index (χ4n) is 1.92. The van der Waals surface area contributed by atoms with E-state index in [1.165, 1.54) is 4.68 Å². The molecule has 0 radical (unpaired) electrons. The second-order valence-electron chi connectivity index (χ2n) is 4.26. The average Bonchev–Trinajstić information content (AvgIpc) is 2.54. The Labute approximate surface area is 104 Å². The second-order valence-corrected chi connectivity index (χ2v) is 4.65. The Kier molecular flexibility index (Phi) is 3.07. The first kappa shape index (κ1) is 11.9. The third-order valence-corrected chi connectivity index (χ3v) is 2.83. The van der Waals surface area contributed by atoms with Crippen molar-refractivity contribution >= 4 is 11.6 Å². The van der Waals surface area contributed by atoms with Gasteiger partial charge in [0.2, 0.25) is 0 Å². The fraction of sp³-hybridized carbons (Fsp3) is 0.333. The highest BCUT2D eigenvalue weighted by atomic mass is 35.5. The fourth-order valence-corrected chi connectivity index (χ4v) is 2.08. The van der Waals surface area contributed by atoms with E-state index in [1.54, 1.807) is 18.2 Å². The summed E-state index contributed by atoms with van der Waals surface area (Å²) in [5.74, 6) is 0.691. The molecule has 2 aromatic heterocycles. The van der Waals surface area contributed by atoms with Crippen LogP contribution in [0, 0.1) is 6.92 Å². The summed E-state index contributed by atoms with van der Waals surface area (Å²) in [7, 11) is 0. The van der Waals surface area contributed by atoms with Gasteiger partial charge in [-0.15, -0.1) is 0 Å². The molecule has 0 aliphatic rings. The van der Waals surface area contributed by atoms with Gasteiger partial charge in [0.25, 0.3) is 5.56 Å². The molecule has 17 heavy (non-hydrogen) atoms. The Morgan fingerprint density at radius 1 is 1.41 bits per heavy atom. The number of aromatic nitrogens is 3. The average molecular weight is 252 g/mol. The normalized spacial score (nSPS) is 11.1. The van der Waals surface area contributed by atoms with E-state index in [0.717, 1.165) is 11.3 Å². The van der Waals surface area contributed by atoms with Crippen LogP contribution in [-0.4, -0.2) is 14.8 Å². The molecule has 0 fully saturated rings. The number of pyridine rings is 1. The number of halogens is 1. The number of aryl methyl sites for hydroxylation is 1. The Bertz CT molecular complexity index is 598. The monoisotopic (exact) mass is 251 g/mol. The van der Waals surface area contributed by atoms with Gasteiger partial charge in [0, 0.05) is 11.3 Å². The van der Waals surface area contributed by atoms with Crippen molar-refractivity contribution in [3.63, 3.8) is 0 Å². The number of H-pyrrole nitrogens is 1. The molecule has 0 amide bonds. The molecule has 0 aliphatic carbocycles. The molecule has 0 bridgehead atoms. The Morgan fingerprint density at radius 2 is 2.12 bits per heavy atom. The first-order chi connectivity index (χ1) is 8.00. The molecule has 2 aromatic rings.